The maximum Gasteiger partial charge on any atom is 0.262 e. The SMILES string of the molecule is COCCCn1c(=O)c2ccccc2n2c(SCc3nc(-c4ccc(C)cc4)no3)nnc12. The van der Waals surface area contributed by atoms with Crippen LogP contribution in [0.2, 0.25) is 0 Å². The van der Waals surface area contributed by atoms with Gasteiger partial charge in [0.05, 0.1) is 16.7 Å². The first kappa shape index (κ1) is 21.4. The van der Waals surface area contributed by atoms with Crippen LogP contribution >= 0.6 is 11.8 Å². The second kappa shape index (κ2) is 9.16. The minimum Gasteiger partial charge on any atom is -0.385 e. The number of thioether (sulfide) groups is 1. The van der Waals surface area contributed by atoms with Crippen LogP contribution in [-0.4, -0.2) is 43.0 Å². The Balaban J connectivity index is 1.47. The Morgan fingerprint density at radius 1 is 1.09 bits per heavy atom. The van der Waals surface area contributed by atoms with Gasteiger partial charge in [-0.3, -0.25) is 13.8 Å². The smallest absolute Gasteiger partial charge is 0.262 e. The molecule has 5 aromatic rings. The van der Waals surface area contributed by atoms with Crippen LogP contribution in [0.25, 0.3) is 28.1 Å². The molecule has 2 aromatic carbocycles. The van der Waals surface area contributed by atoms with Gasteiger partial charge in [0.2, 0.25) is 17.5 Å². The van der Waals surface area contributed by atoms with Crippen molar-refractivity contribution in [1.29, 1.82) is 0 Å². The van der Waals surface area contributed by atoms with Crippen molar-refractivity contribution in [2.45, 2.75) is 30.8 Å². The Morgan fingerprint density at radius 3 is 2.73 bits per heavy atom. The van der Waals surface area contributed by atoms with Gasteiger partial charge >= 0.3 is 0 Å². The van der Waals surface area contributed by atoms with Crippen molar-refractivity contribution in [3.8, 4) is 11.4 Å². The molecule has 0 spiro atoms. The van der Waals surface area contributed by atoms with Gasteiger partial charge in [0.25, 0.3) is 5.56 Å². The van der Waals surface area contributed by atoms with E-state index in [2.05, 4.69) is 20.3 Å². The molecule has 0 amide bonds. The summed E-state index contributed by atoms with van der Waals surface area (Å²) in [5.41, 5.74) is 2.75. The molecule has 0 atom stereocenters. The molecule has 3 heterocycles. The Labute approximate surface area is 193 Å². The molecule has 33 heavy (non-hydrogen) atoms. The minimum absolute atomic E-state index is 0.0854. The van der Waals surface area contributed by atoms with Gasteiger partial charge in [-0.2, -0.15) is 4.98 Å². The van der Waals surface area contributed by atoms with Gasteiger partial charge in [-0.15, -0.1) is 10.2 Å². The van der Waals surface area contributed by atoms with Crippen molar-refractivity contribution in [1.82, 2.24) is 29.3 Å². The first-order valence-electron chi connectivity index (χ1n) is 10.5. The zero-order valence-corrected chi connectivity index (χ0v) is 19.1. The van der Waals surface area contributed by atoms with Gasteiger partial charge < -0.3 is 9.26 Å². The number of para-hydroxylation sites is 1. The zero-order valence-electron chi connectivity index (χ0n) is 18.3. The number of hydrogen-bond acceptors (Lipinski definition) is 8. The van der Waals surface area contributed by atoms with E-state index in [1.807, 2.05) is 59.9 Å². The van der Waals surface area contributed by atoms with Gasteiger partial charge in [0.1, 0.15) is 0 Å². The summed E-state index contributed by atoms with van der Waals surface area (Å²) in [6, 6.07) is 15.5. The fourth-order valence-electron chi connectivity index (χ4n) is 3.66. The standard InChI is InChI=1S/C23H22N6O3S/c1-15-8-10-16(11-9-15)20-24-19(32-27-20)14-33-23-26-25-22-28(12-5-13-31-2)21(30)17-6-3-4-7-18(17)29(22)23/h3-4,6-11H,5,12-14H2,1-2H3. The predicted octanol–water partition coefficient (Wildman–Crippen LogP) is 3.73. The highest BCUT2D eigenvalue weighted by Crippen LogP contribution is 2.25. The third-order valence-corrected chi connectivity index (χ3v) is 6.22. The van der Waals surface area contributed by atoms with Crippen molar-refractivity contribution in [3.05, 3.63) is 70.3 Å². The molecule has 0 aliphatic rings. The van der Waals surface area contributed by atoms with Crippen molar-refractivity contribution < 1.29 is 9.26 Å². The summed E-state index contributed by atoms with van der Waals surface area (Å²) in [6.07, 6.45) is 0.698. The van der Waals surface area contributed by atoms with E-state index in [-0.39, 0.29) is 5.56 Å². The van der Waals surface area contributed by atoms with Crippen LogP contribution in [-0.2, 0) is 17.0 Å². The van der Waals surface area contributed by atoms with Gasteiger partial charge in [-0.1, -0.05) is 58.9 Å². The highest BCUT2D eigenvalue weighted by molar-refractivity contribution is 7.98. The molecule has 0 unspecified atom stereocenters. The van der Waals surface area contributed by atoms with Crippen LogP contribution in [0.5, 0.6) is 0 Å². The van der Waals surface area contributed by atoms with Gasteiger partial charge in [0.15, 0.2) is 5.16 Å². The zero-order chi connectivity index (χ0) is 22.8. The fourth-order valence-corrected chi connectivity index (χ4v) is 4.43. The Kier molecular flexibility index (Phi) is 5.93. The highest BCUT2D eigenvalue weighted by Gasteiger charge is 2.18. The molecule has 0 saturated carbocycles. The molecule has 9 nitrogen and oxygen atoms in total. The molecule has 0 radical (unpaired) electrons. The van der Waals surface area contributed by atoms with Crippen LogP contribution in [0, 0.1) is 6.92 Å². The van der Waals surface area contributed by atoms with Gasteiger partial charge in [0, 0.05) is 25.8 Å². The number of fused-ring (bicyclic) bond motifs is 3. The third-order valence-electron chi connectivity index (χ3n) is 5.31. The predicted molar refractivity (Wildman–Crippen MR) is 125 cm³/mol. The van der Waals surface area contributed by atoms with Gasteiger partial charge in [-0.25, -0.2) is 0 Å². The quantitative estimate of drug-likeness (QED) is 0.254. The highest BCUT2D eigenvalue weighted by atomic mass is 32.2. The number of ether oxygens (including phenoxy) is 1. The van der Waals surface area contributed by atoms with Crippen molar-refractivity contribution in [2.75, 3.05) is 13.7 Å². The first-order valence-corrected chi connectivity index (χ1v) is 11.5. The lowest BCUT2D eigenvalue weighted by molar-refractivity contribution is 0.190. The second-order valence-corrected chi connectivity index (χ2v) is 8.55. The molecule has 3 aromatic heterocycles. The molecule has 168 valence electrons. The Bertz CT molecular complexity index is 1470. The molecule has 0 aliphatic carbocycles. The molecule has 0 aliphatic heterocycles. The molecule has 0 N–H and O–H groups in total. The number of aryl methyl sites for hydroxylation is 2. The van der Waals surface area contributed by atoms with E-state index in [1.54, 1.807) is 11.7 Å². The molecule has 5 rings (SSSR count). The van der Waals surface area contributed by atoms with Crippen LogP contribution in [0.4, 0.5) is 0 Å². The van der Waals surface area contributed by atoms with E-state index in [0.717, 1.165) is 11.1 Å². The van der Waals surface area contributed by atoms with Crippen LogP contribution in [0.1, 0.15) is 17.9 Å². The van der Waals surface area contributed by atoms with Crippen molar-refractivity contribution in [3.63, 3.8) is 0 Å². The maximum absolute atomic E-state index is 13.1. The maximum atomic E-state index is 13.1. The van der Waals surface area contributed by atoms with E-state index in [9.17, 15) is 4.79 Å². The van der Waals surface area contributed by atoms with Crippen molar-refractivity contribution >= 4 is 28.4 Å². The number of aromatic nitrogens is 6. The molecule has 0 fully saturated rings. The lowest BCUT2D eigenvalue weighted by atomic mass is 10.1. The van der Waals surface area contributed by atoms with E-state index < -0.39 is 0 Å². The number of nitrogens with zero attached hydrogens (tertiary/aromatic N) is 6. The normalized spacial score (nSPS) is 11.6. The molecule has 10 heteroatoms. The summed E-state index contributed by atoms with van der Waals surface area (Å²) in [6.45, 7) is 3.08. The first-order chi connectivity index (χ1) is 16.2. The van der Waals surface area contributed by atoms with E-state index >= 15 is 0 Å². The van der Waals surface area contributed by atoms with Crippen LogP contribution in [0.15, 0.2) is 63.0 Å². The molecular formula is C23H22N6O3S. The largest absolute Gasteiger partial charge is 0.385 e. The topological polar surface area (TPSA) is 100 Å². The minimum atomic E-state index is -0.0854. The summed E-state index contributed by atoms with van der Waals surface area (Å²) in [7, 11) is 1.65. The summed E-state index contributed by atoms with van der Waals surface area (Å²) in [5, 5.41) is 14.0. The van der Waals surface area contributed by atoms with Crippen LogP contribution in [0.3, 0.4) is 0 Å². The Hall–Kier alpha value is -3.50. The van der Waals surface area contributed by atoms with E-state index in [0.29, 0.717) is 53.4 Å². The lowest BCUT2D eigenvalue weighted by Crippen LogP contribution is -2.24. The monoisotopic (exact) mass is 462 g/mol. The van der Waals surface area contributed by atoms with E-state index in [1.165, 1.54) is 17.3 Å². The second-order valence-electron chi connectivity index (χ2n) is 7.60. The summed E-state index contributed by atoms with van der Waals surface area (Å²) in [4.78, 5) is 17.6. The average molecular weight is 463 g/mol. The summed E-state index contributed by atoms with van der Waals surface area (Å²) in [5.74, 6) is 1.97. The summed E-state index contributed by atoms with van der Waals surface area (Å²) >= 11 is 1.43. The number of methoxy groups -OCH3 is 1. The number of hydrogen-bond donors (Lipinski definition) is 0. The van der Waals surface area contributed by atoms with E-state index in [4.69, 9.17) is 9.26 Å². The number of benzene rings is 2. The molecular weight excluding hydrogens is 440 g/mol. The third kappa shape index (κ3) is 4.14. The van der Waals surface area contributed by atoms with Crippen LogP contribution < -0.4 is 5.56 Å². The van der Waals surface area contributed by atoms with Gasteiger partial charge in [-0.05, 0) is 25.5 Å². The number of rotatable bonds is 8. The lowest BCUT2D eigenvalue weighted by Gasteiger charge is -2.10. The Morgan fingerprint density at radius 2 is 1.91 bits per heavy atom. The molecule has 0 saturated heterocycles. The average Bonchev–Trinajstić information content (AvgIpc) is 3.48. The fraction of sp³-hybridized carbons (Fsp3) is 0.261. The summed E-state index contributed by atoms with van der Waals surface area (Å²) < 4.78 is 14.2. The van der Waals surface area contributed by atoms with Crippen molar-refractivity contribution in [2.24, 2.45) is 0 Å². The molecule has 0 bridgehead atoms.